The molecule has 1 saturated carbocycles. The molecule has 1 aliphatic carbocycles. The van der Waals surface area contributed by atoms with Crippen LogP contribution in [0, 0.1) is 5.92 Å². The van der Waals surface area contributed by atoms with Crippen LogP contribution in [0.2, 0.25) is 0 Å². The topological polar surface area (TPSA) is 55.8 Å². The van der Waals surface area contributed by atoms with E-state index < -0.39 is 17.9 Å². The number of carbonyl (C=O) groups excluding carboxylic acids is 2. The van der Waals surface area contributed by atoms with Crippen molar-refractivity contribution in [2.24, 2.45) is 5.92 Å². The molecule has 1 unspecified atom stereocenters. The molecule has 5 nitrogen and oxygen atoms in total. The van der Waals surface area contributed by atoms with Crippen LogP contribution in [0.1, 0.15) is 32.3 Å². The van der Waals surface area contributed by atoms with Gasteiger partial charge in [0.15, 0.2) is 6.29 Å². The first kappa shape index (κ1) is 15.0. The molecule has 1 heterocycles. The average Bonchev–Trinajstić information content (AvgIpc) is 3.30. The number of carbonyl (C=O) groups is 2. The summed E-state index contributed by atoms with van der Waals surface area (Å²) >= 11 is 0. The second kappa shape index (κ2) is 5.72. The number of ether oxygens (including phenoxy) is 2. The Morgan fingerprint density at radius 1 is 1.36 bits per heavy atom. The predicted octanol–water partition coefficient (Wildman–Crippen LogP) is 2.74. The van der Waals surface area contributed by atoms with Crippen LogP contribution in [0.15, 0.2) is 30.3 Å². The second-order valence-corrected chi connectivity index (χ2v) is 6.40. The standard InChI is InChI=1S/C17H21NO4/c1-17(2)18(15(13-8-9-13)14(10-19)22-17)16(20)21-11-12-6-4-3-5-7-12/h3-7,10,13-15H,8-9,11H2,1-2H3/t14?,15-/m0/s1. The van der Waals surface area contributed by atoms with E-state index >= 15 is 0 Å². The molecule has 5 heteroatoms. The van der Waals surface area contributed by atoms with E-state index in [1.165, 1.54) is 0 Å². The molecule has 118 valence electrons. The summed E-state index contributed by atoms with van der Waals surface area (Å²) in [6.07, 6.45) is 1.87. The van der Waals surface area contributed by atoms with Gasteiger partial charge in [0, 0.05) is 0 Å². The van der Waals surface area contributed by atoms with E-state index in [-0.39, 0.29) is 12.6 Å². The zero-order valence-corrected chi connectivity index (χ0v) is 12.9. The van der Waals surface area contributed by atoms with Gasteiger partial charge in [0.1, 0.15) is 18.4 Å². The first-order chi connectivity index (χ1) is 10.5. The van der Waals surface area contributed by atoms with Crippen LogP contribution >= 0.6 is 0 Å². The Balaban J connectivity index is 1.72. The number of hydrogen-bond donors (Lipinski definition) is 0. The Morgan fingerprint density at radius 3 is 2.64 bits per heavy atom. The minimum absolute atomic E-state index is 0.212. The van der Waals surface area contributed by atoms with Crippen molar-refractivity contribution in [3.63, 3.8) is 0 Å². The fourth-order valence-corrected chi connectivity index (χ4v) is 3.12. The molecule has 2 fully saturated rings. The molecule has 1 saturated heterocycles. The average molecular weight is 303 g/mol. The molecule has 3 rings (SSSR count). The highest BCUT2D eigenvalue weighted by atomic mass is 16.6. The summed E-state index contributed by atoms with van der Waals surface area (Å²) in [6, 6.07) is 9.33. The van der Waals surface area contributed by atoms with Crippen molar-refractivity contribution in [3.8, 4) is 0 Å². The van der Waals surface area contributed by atoms with Crippen LogP contribution < -0.4 is 0 Å². The smallest absolute Gasteiger partial charge is 0.412 e. The van der Waals surface area contributed by atoms with E-state index in [1.807, 2.05) is 30.3 Å². The molecule has 1 amide bonds. The van der Waals surface area contributed by atoms with Crippen molar-refractivity contribution in [3.05, 3.63) is 35.9 Å². The fourth-order valence-electron chi connectivity index (χ4n) is 3.12. The Kier molecular flexibility index (Phi) is 3.91. The zero-order valence-electron chi connectivity index (χ0n) is 12.9. The Morgan fingerprint density at radius 2 is 2.05 bits per heavy atom. The van der Waals surface area contributed by atoms with Gasteiger partial charge in [-0.05, 0) is 38.2 Å². The van der Waals surface area contributed by atoms with Gasteiger partial charge in [0.2, 0.25) is 0 Å². The molecule has 22 heavy (non-hydrogen) atoms. The van der Waals surface area contributed by atoms with E-state index in [2.05, 4.69) is 0 Å². The normalized spacial score (nSPS) is 26.7. The lowest BCUT2D eigenvalue weighted by molar-refractivity contribution is -0.123. The quantitative estimate of drug-likeness (QED) is 0.803. The molecule has 0 radical (unpaired) electrons. The van der Waals surface area contributed by atoms with Crippen LogP contribution in [0.3, 0.4) is 0 Å². The van der Waals surface area contributed by atoms with Crippen LogP contribution in [0.5, 0.6) is 0 Å². The van der Waals surface area contributed by atoms with Crippen molar-refractivity contribution in [1.82, 2.24) is 4.90 Å². The van der Waals surface area contributed by atoms with Gasteiger partial charge < -0.3 is 14.3 Å². The first-order valence-electron chi connectivity index (χ1n) is 7.66. The minimum Gasteiger partial charge on any atom is -0.444 e. The highest BCUT2D eigenvalue weighted by Gasteiger charge is 2.55. The summed E-state index contributed by atoms with van der Waals surface area (Å²) in [4.78, 5) is 25.4. The maximum atomic E-state index is 12.5. The molecule has 1 aromatic rings. The molecule has 1 aromatic carbocycles. The van der Waals surface area contributed by atoms with Gasteiger partial charge in [-0.2, -0.15) is 0 Å². The van der Waals surface area contributed by atoms with E-state index in [4.69, 9.17) is 9.47 Å². The molecule has 0 N–H and O–H groups in total. The highest BCUT2D eigenvalue weighted by Crippen LogP contribution is 2.44. The lowest BCUT2D eigenvalue weighted by Gasteiger charge is -2.32. The number of hydrogen-bond acceptors (Lipinski definition) is 4. The Bertz CT molecular complexity index is 553. The third-order valence-corrected chi connectivity index (χ3v) is 4.28. The summed E-state index contributed by atoms with van der Waals surface area (Å²) in [5.74, 6) is 0.334. The molecular formula is C17H21NO4. The highest BCUT2D eigenvalue weighted by molar-refractivity contribution is 5.72. The van der Waals surface area contributed by atoms with Crippen molar-refractivity contribution in [2.75, 3.05) is 0 Å². The minimum atomic E-state index is -0.827. The summed E-state index contributed by atoms with van der Waals surface area (Å²) in [6.45, 7) is 3.82. The third kappa shape index (κ3) is 2.86. The summed E-state index contributed by atoms with van der Waals surface area (Å²) in [7, 11) is 0. The van der Waals surface area contributed by atoms with Gasteiger partial charge in [0.25, 0.3) is 0 Å². The second-order valence-electron chi connectivity index (χ2n) is 6.40. The summed E-state index contributed by atoms with van der Waals surface area (Å²) in [5, 5.41) is 0. The van der Waals surface area contributed by atoms with Crippen LogP contribution in [0.25, 0.3) is 0 Å². The van der Waals surface area contributed by atoms with Gasteiger partial charge in [0.05, 0.1) is 6.04 Å². The fraction of sp³-hybridized carbons (Fsp3) is 0.529. The van der Waals surface area contributed by atoms with Crippen LogP contribution in [-0.4, -0.2) is 35.2 Å². The molecule has 2 aliphatic rings. The van der Waals surface area contributed by atoms with E-state index in [0.717, 1.165) is 24.7 Å². The third-order valence-electron chi connectivity index (χ3n) is 4.28. The molecular weight excluding hydrogens is 282 g/mol. The van der Waals surface area contributed by atoms with Gasteiger partial charge in [-0.1, -0.05) is 30.3 Å². The Hall–Kier alpha value is -1.88. The van der Waals surface area contributed by atoms with Gasteiger partial charge in [-0.3, -0.25) is 4.90 Å². The lowest BCUT2D eigenvalue weighted by atomic mass is 10.1. The first-order valence-corrected chi connectivity index (χ1v) is 7.66. The predicted molar refractivity (Wildman–Crippen MR) is 80.0 cm³/mol. The summed E-state index contributed by atoms with van der Waals surface area (Å²) in [5.41, 5.74) is 0.107. The number of amides is 1. The molecule has 1 aliphatic heterocycles. The molecule has 2 atom stereocenters. The van der Waals surface area contributed by atoms with Crippen LogP contribution in [-0.2, 0) is 20.9 Å². The van der Waals surface area contributed by atoms with Gasteiger partial charge >= 0.3 is 6.09 Å². The number of rotatable bonds is 4. The monoisotopic (exact) mass is 303 g/mol. The van der Waals surface area contributed by atoms with Gasteiger partial charge in [-0.25, -0.2) is 4.79 Å². The van der Waals surface area contributed by atoms with Crippen molar-refractivity contribution in [1.29, 1.82) is 0 Å². The van der Waals surface area contributed by atoms with E-state index in [9.17, 15) is 9.59 Å². The van der Waals surface area contributed by atoms with E-state index in [0.29, 0.717) is 5.92 Å². The maximum Gasteiger partial charge on any atom is 0.412 e. The number of nitrogens with zero attached hydrogens (tertiary/aromatic N) is 1. The molecule has 0 spiro atoms. The van der Waals surface area contributed by atoms with Crippen molar-refractivity contribution < 1.29 is 19.1 Å². The number of benzene rings is 1. The summed E-state index contributed by atoms with van der Waals surface area (Å²) < 4.78 is 11.2. The molecule has 0 aromatic heterocycles. The van der Waals surface area contributed by atoms with E-state index in [1.54, 1.807) is 18.7 Å². The largest absolute Gasteiger partial charge is 0.444 e. The van der Waals surface area contributed by atoms with Crippen LogP contribution in [0.4, 0.5) is 4.79 Å². The van der Waals surface area contributed by atoms with Gasteiger partial charge in [-0.15, -0.1) is 0 Å². The molecule has 0 bridgehead atoms. The lowest BCUT2D eigenvalue weighted by Crippen LogP contribution is -2.49. The van der Waals surface area contributed by atoms with Crippen molar-refractivity contribution >= 4 is 12.4 Å². The Labute approximate surface area is 130 Å². The van der Waals surface area contributed by atoms with Crippen molar-refractivity contribution in [2.45, 2.75) is 51.2 Å². The zero-order chi connectivity index (χ0) is 15.7. The maximum absolute atomic E-state index is 12.5. The number of aldehydes is 1. The SMILES string of the molecule is CC1(C)OC(C=O)[C@H](C2CC2)N1C(=O)OCc1ccccc1.